The first-order valence-electron chi connectivity index (χ1n) is 5.46. The van der Waals surface area contributed by atoms with Crippen molar-refractivity contribution in [3.05, 3.63) is 0 Å². The van der Waals surface area contributed by atoms with Gasteiger partial charge in [0.25, 0.3) is 0 Å². The Hall–Kier alpha value is 0.0569. The van der Waals surface area contributed by atoms with Crippen molar-refractivity contribution in [2.45, 2.75) is 33.6 Å². The summed E-state index contributed by atoms with van der Waals surface area (Å²) in [7, 11) is -0.422. The van der Waals surface area contributed by atoms with Crippen LogP contribution in [0.5, 0.6) is 0 Å². The van der Waals surface area contributed by atoms with Gasteiger partial charge >= 0.3 is 8.88 Å². The van der Waals surface area contributed by atoms with Gasteiger partial charge < -0.3 is 8.85 Å². The zero-order valence-corrected chi connectivity index (χ0v) is 10.9. The highest BCUT2D eigenvalue weighted by Gasteiger charge is 2.36. The quantitative estimate of drug-likeness (QED) is 0.571. The third-order valence-electron chi connectivity index (χ3n) is 1.76. The maximum Gasteiger partial charge on any atom is 0.516 e. The molecule has 0 saturated carbocycles. The Labute approximate surface area is 88.8 Å². The highest BCUT2D eigenvalue weighted by molar-refractivity contribution is 6.62. The van der Waals surface area contributed by atoms with Crippen LogP contribution >= 0.6 is 0 Å². The van der Waals surface area contributed by atoms with Crippen molar-refractivity contribution >= 4 is 8.88 Å². The van der Waals surface area contributed by atoms with E-state index in [1.807, 2.05) is 7.05 Å². The second-order valence-corrected chi connectivity index (χ2v) is 5.76. The van der Waals surface area contributed by atoms with Crippen LogP contribution in [0.25, 0.3) is 0 Å². The van der Waals surface area contributed by atoms with Crippen molar-refractivity contribution in [3.63, 3.8) is 0 Å². The van der Waals surface area contributed by atoms with Crippen molar-refractivity contribution < 1.29 is 8.85 Å². The summed E-state index contributed by atoms with van der Waals surface area (Å²) in [5.74, 6) is 0. The summed E-state index contributed by atoms with van der Waals surface area (Å²) in [6.45, 7) is 8.60. The molecule has 0 aliphatic rings. The molecule has 5 heteroatoms. The van der Waals surface area contributed by atoms with Crippen LogP contribution in [0.1, 0.15) is 33.6 Å². The molecular weight excluding hydrogens is 196 g/mol. The molecule has 0 aromatic carbocycles. The number of rotatable bonds is 9. The average molecular weight is 220 g/mol. The van der Waals surface area contributed by atoms with E-state index >= 15 is 0 Å². The summed E-state index contributed by atoms with van der Waals surface area (Å²) >= 11 is 0. The van der Waals surface area contributed by atoms with Crippen LogP contribution in [-0.2, 0) is 8.85 Å². The van der Waals surface area contributed by atoms with Crippen molar-refractivity contribution in [1.29, 1.82) is 0 Å². The highest BCUT2D eigenvalue weighted by Crippen LogP contribution is 2.00. The molecule has 0 aromatic heterocycles. The molecule has 4 nitrogen and oxygen atoms in total. The minimum absolute atomic E-state index is 0.740. The third-order valence-corrected chi connectivity index (χ3v) is 4.46. The number of hydrogen-bond acceptors (Lipinski definition) is 4. The van der Waals surface area contributed by atoms with E-state index in [0.29, 0.717) is 0 Å². The molecule has 0 aliphatic carbocycles. The van der Waals surface area contributed by atoms with Crippen molar-refractivity contribution in [2.75, 3.05) is 26.8 Å². The summed E-state index contributed by atoms with van der Waals surface area (Å²) < 4.78 is 11.5. The lowest BCUT2D eigenvalue weighted by Crippen LogP contribution is -2.66. The van der Waals surface area contributed by atoms with Gasteiger partial charge in [0.1, 0.15) is 0 Å². The zero-order chi connectivity index (χ0) is 10.9. The van der Waals surface area contributed by atoms with Gasteiger partial charge in [0, 0.05) is 13.2 Å². The lowest BCUT2D eigenvalue weighted by Gasteiger charge is -2.29. The molecular formula is C9H24N2O2Si. The third kappa shape index (κ3) is 5.07. The number of nitrogens with one attached hydrogen (secondary N) is 2. The Morgan fingerprint density at radius 1 is 1.00 bits per heavy atom. The monoisotopic (exact) mass is 220 g/mol. The Morgan fingerprint density at radius 3 is 1.79 bits per heavy atom. The predicted octanol–water partition coefficient (Wildman–Crippen LogP) is 1.10. The molecule has 0 atom stereocenters. The van der Waals surface area contributed by atoms with E-state index in [1.165, 1.54) is 0 Å². The van der Waals surface area contributed by atoms with Crippen molar-refractivity contribution in [1.82, 2.24) is 9.96 Å². The van der Waals surface area contributed by atoms with Gasteiger partial charge in [-0.15, -0.1) is 0 Å². The first-order chi connectivity index (χ1) is 6.74. The normalized spacial score (nSPS) is 12.0. The van der Waals surface area contributed by atoms with E-state index in [-0.39, 0.29) is 0 Å². The molecule has 0 saturated heterocycles. The lowest BCUT2D eigenvalue weighted by molar-refractivity contribution is 0.148. The van der Waals surface area contributed by atoms with Crippen LogP contribution in [0, 0.1) is 0 Å². The second kappa shape index (κ2) is 8.37. The van der Waals surface area contributed by atoms with Gasteiger partial charge in [-0.3, -0.25) is 9.96 Å². The fourth-order valence-corrected chi connectivity index (χ4v) is 3.30. The smallest absolute Gasteiger partial charge is 0.371 e. The Balaban J connectivity index is 4.11. The topological polar surface area (TPSA) is 42.5 Å². The predicted molar refractivity (Wildman–Crippen MR) is 61.0 cm³/mol. The SMILES string of the molecule is CCCO[Si](NC)(NCC)OCCC. The van der Waals surface area contributed by atoms with Gasteiger partial charge in [0.2, 0.25) is 0 Å². The van der Waals surface area contributed by atoms with Crippen LogP contribution in [0.3, 0.4) is 0 Å². The maximum absolute atomic E-state index is 5.76. The minimum Gasteiger partial charge on any atom is -0.371 e. The molecule has 0 bridgehead atoms. The van der Waals surface area contributed by atoms with E-state index in [1.54, 1.807) is 0 Å². The summed E-state index contributed by atoms with van der Waals surface area (Å²) in [6, 6.07) is 0. The fourth-order valence-electron chi connectivity index (χ4n) is 1.10. The van der Waals surface area contributed by atoms with Crippen LogP contribution < -0.4 is 9.96 Å². The van der Waals surface area contributed by atoms with E-state index in [9.17, 15) is 0 Å². The minimum atomic E-state index is -2.31. The first-order valence-corrected chi connectivity index (χ1v) is 7.28. The molecule has 0 radical (unpaired) electrons. The zero-order valence-electron chi connectivity index (χ0n) is 9.85. The molecule has 0 aliphatic heterocycles. The fraction of sp³-hybridized carbons (Fsp3) is 1.00. The van der Waals surface area contributed by atoms with Gasteiger partial charge in [-0.1, -0.05) is 20.8 Å². The van der Waals surface area contributed by atoms with E-state index in [4.69, 9.17) is 8.85 Å². The molecule has 86 valence electrons. The van der Waals surface area contributed by atoms with Gasteiger partial charge in [-0.05, 0) is 26.4 Å². The average Bonchev–Trinajstić information content (AvgIpc) is 2.22. The lowest BCUT2D eigenvalue weighted by atomic mass is 10.5. The molecule has 0 amide bonds. The Kier molecular flexibility index (Phi) is 8.41. The molecule has 0 fully saturated rings. The van der Waals surface area contributed by atoms with Crippen molar-refractivity contribution in [2.24, 2.45) is 0 Å². The summed E-state index contributed by atoms with van der Waals surface area (Å²) in [5, 5.41) is 0. The van der Waals surface area contributed by atoms with Gasteiger partial charge in [0.05, 0.1) is 0 Å². The molecule has 0 rings (SSSR count). The first kappa shape index (κ1) is 14.1. The van der Waals surface area contributed by atoms with Gasteiger partial charge in [-0.2, -0.15) is 0 Å². The molecule has 0 heterocycles. The maximum atomic E-state index is 5.76. The van der Waals surface area contributed by atoms with E-state index < -0.39 is 8.88 Å². The van der Waals surface area contributed by atoms with Crippen LogP contribution in [0.4, 0.5) is 0 Å². The molecule has 14 heavy (non-hydrogen) atoms. The summed E-state index contributed by atoms with van der Waals surface area (Å²) in [6.07, 6.45) is 2.02. The van der Waals surface area contributed by atoms with Crippen LogP contribution in [0.2, 0.25) is 0 Å². The van der Waals surface area contributed by atoms with E-state index in [0.717, 1.165) is 32.6 Å². The molecule has 0 unspecified atom stereocenters. The van der Waals surface area contributed by atoms with Gasteiger partial charge in [0.15, 0.2) is 0 Å². The standard InChI is InChI=1S/C9H24N2O2Si/c1-5-8-12-14(10-4,11-7-3)13-9-6-2/h10-11H,5-9H2,1-4H3. The molecule has 0 aromatic rings. The molecule has 0 spiro atoms. The molecule has 2 N–H and O–H groups in total. The highest BCUT2D eigenvalue weighted by atomic mass is 28.4. The van der Waals surface area contributed by atoms with E-state index in [2.05, 4.69) is 30.7 Å². The van der Waals surface area contributed by atoms with Crippen LogP contribution in [-0.4, -0.2) is 35.7 Å². The Bertz CT molecular complexity index is 128. The Morgan fingerprint density at radius 2 is 1.50 bits per heavy atom. The second-order valence-electron chi connectivity index (χ2n) is 3.09. The van der Waals surface area contributed by atoms with Gasteiger partial charge in [-0.25, -0.2) is 0 Å². The largest absolute Gasteiger partial charge is 0.516 e. The van der Waals surface area contributed by atoms with Crippen LogP contribution in [0.15, 0.2) is 0 Å². The number of hydrogen-bond donors (Lipinski definition) is 2. The van der Waals surface area contributed by atoms with Crippen molar-refractivity contribution in [3.8, 4) is 0 Å². The summed E-state index contributed by atoms with van der Waals surface area (Å²) in [5.41, 5.74) is 0. The summed E-state index contributed by atoms with van der Waals surface area (Å²) in [4.78, 5) is 6.47.